The van der Waals surface area contributed by atoms with Crippen molar-refractivity contribution in [3.8, 4) is 0 Å². The molecule has 0 aliphatic heterocycles. The zero-order valence-electron chi connectivity index (χ0n) is 14.9. The van der Waals surface area contributed by atoms with Gasteiger partial charge in [-0.25, -0.2) is 8.42 Å². The van der Waals surface area contributed by atoms with Crippen molar-refractivity contribution in [3.05, 3.63) is 59.6 Å². The number of hydrogen-bond donors (Lipinski definition) is 1. The lowest BCUT2D eigenvalue weighted by Gasteiger charge is -2.24. The van der Waals surface area contributed by atoms with Crippen molar-refractivity contribution in [2.75, 3.05) is 17.4 Å². The van der Waals surface area contributed by atoms with Gasteiger partial charge >= 0.3 is 0 Å². The number of halogens is 1. The molecule has 2 aromatic rings. The molecule has 0 radical (unpaired) electrons. The molecule has 0 atom stereocenters. The zero-order valence-corrected chi connectivity index (χ0v) is 16.4. The van der Waals surface area contributed by atoms with E-state index in [1.54, 1.807) is 36.4 Å². The third-order valence-electron chi connectivity index (χ3n) is 3.76. The molecule has 0 saturated carbocycles. The van der Waals surface area contributed by atoms with Crippen LogP contribution in [0.25, 0.3) is 0 Å². The van der Waals surface area contributed by atoms with Crippen LogP contribution in [-0.4, -0.2) is 27.4 Å². The van der Waals surface area contributed by atoms with E-state index >= 15 is 0 Å². The van der Waals surface area contributed by atoms with Crippen LogP contribution in [-0.2, 0) is 14.8 Å². The van der Waals surface area contributed by atoms with Crippen molar-refractivity contribution in [2.24, 2.45) is 5.92 Å². The van der Waals surface area contributed by atoms with Crippen molar-refractivity contribution >= 4 is 33.2 Å². The second kappa shape index (κ2) is 9.05. The summed E-state index contributed by atoms with van der Waals surface area (Å²) in [6.07, 6.45) is 0.828. The molecule has 0 fully saturated rings. The van der Waals surface area contributed by atoms with Crippen molar-refractivity contribution in [2.45, 2.75) is 25.2 Å². The highest BCUT2D eigenvalue weighted by atomic mass is 35.5. The summed E-state index contributed by atoms with van der Waals surface area (Å²) in [5, 5.41) is 3.17. The fourth-order valence-corrected chi connectivity index (χ4v) is 3.97. The average molecular weight is 395 g/mol. The molecule has 1 N–H and O–H groups in total. The quantitative estimate of drug-likeness (QED) is 0.742. The van der Waals surface area contributed by atoms with Crippen LogP contribution in [0.5, 0.6) is 0 Å². The van der Waals surface area contributed by atoms with Crippen molar-refractivity contribution in [1.29, 1.82) is 0 Å². The van der Waals surface area contributed by atoms with E-state index in [1.807, 2.05) is 0 Å². The molecule has 0 aliphatic rings. The zero-order chi connectivity index (χ0) is 19.2. The number of anilines is 1. The first kappa shape index (κ1) is 20.3. The molecular weight excluding hydrogens is 372 g/mol. The van der Waals surface area contributed by atoms with Gasteiger partial charge in [-0.15, -0.1) is 0 Å². The SMILES string of the molecule is CC(C)CCNC(=O)CN(c1cccc(Cl)c1)S(=O)(=O)c1ccccc1. The Kier molecular flexibility index (Phi) is 7.06. The van der Waals surface area contributed by atoms with E-state index in [-0.39, 0.29) is 17.3 Å². The van der Waals surface area contributed by atoms with Gasteiger partial charge < -0.3 is 5.32 Å². The first-order valence-corrected chi connectivity index (χ1v) is 10.2. The lowest BCUT2D eigenvalue weighted by Crippen LogP contribution is -2.41. The molecule has 0 bridgehead atoms. The standard InChI is InChI=1S/C19H23ClN2O3S/c1-15(2)11-12-21-19(23)14-22(17-8-6-7-16(20)13-17)26(24,25)18-9-4-3-5-10-18/h3-10,13,15H,11-12,14H2,1-2H3,(H,21,23). The Labute approximate surface area is 160 Å². The smallest absolute Gasteiger partial charge is 0.264 e. The van der Waals surface area contributed by atoms with Gasteiger partial charge in [0.25, 0.3) is 10.0 Å². The fraction of sp³-hybridized carbons (Fsp3) is 0.316. The summed E-state index contributed by atoms with van der Waals surface area (Å²) in [5.41, 5.74) is 0.348. The number of rotatable bonds is 8. The Morgan fingerprint density at radius 2 is 1.81 bits per heavy atom. The fourth-order valence-electron chi connectivity index (χ4n) is 2.35. The molecule has 26 heavy (non-hydrogen) atoms. The van der Waals surface area contributed by atoms with Crippen LogP contribution in [0.4, 0.5) is 5.69 Å². The molecular formula is C19H23ClN2O3S. The van der Waals surface area contributed by atoms with E-state index < -0.39 is 10.0 Å². The molecule has 0 aliphatic carbocycles. The predicted octanol–water partition coefficient (Wildman–Crippen LogP) is 3.70. The largest absolute Gasteiger partial charge is 0.355 e. The minimum atomic E-state index is -3.89. The molecule has 2 aromatic carbocycles. The Hall–Kier alpha value is -2.05. The molecule has 0 heterocycles. The highest BCUT2D eigenvalue weighted by Crippen LogP contribution is 2.25. The average Bonchev–Trinajstić information content (AvgIpc) is 2.60. The third-order valence-corrected chi connectivity index (χ3v) is 5.78. The van der Waals surface area contributed by atoms with Gasteiger partial charge in [-0.3, -0.25) is 9.10 Å². The molecule has 0 unspecified atom stereocenters. The minimum absolute atomic E-state index is 0.120. The van der Waals surface area contributed by atoms with E-state index in [1.165, 1.54) is 18.2 Å². The lowest BCUT2D eigenvalue weighted by atomic mass is 10.1. The van der Waals surface area contributed by atoms with Gasteiger partial charge in [0.2, 0.25) is 5.91 Å². The van der Waals surface area contributed by atoms with Gasteiger partial charge in [-0.1, -0.05) is 49.7 Å². The van der Waals surface area contributed by atoms with Gasteiger partial charge in [-0.2, -0.15) is 0 Å². The van der Waals surface area contributed by atoms with Crippen molar-refractivity contribution in [1.82, 2.24) is 5.32 Å². The Morgan fingerprint density at radius 1 is 1.12 bits per heavy atom. The van der Waals surface area contributed by atoms with E-state index in [0.29, 0.717) is 23.2 Å². The lowest BCUT2D eigenvalue weighted by molar-refractivity contribution is -0.119. The molecule has 5 nitrogen and oxygen atoms in total. The Morgan fingerprint density at radius 3 is 2.42 bits per heavy atom. The summed E-state index contributed by atoms with van der Waals surface area (Å²) < 4.78 is 27.2. The highest BCUT2D eigenvalue weighted by Gasteiger charge is 2.27. The van der Waals surface area contributed by atoms with Crippen molar-refractivity contribution < 1.29 is 13.2 Å². The number of hydrogen-bond acceptors (Lipinski definition) is 3. The third kappa shape index (κ3) is 5.47. The monoisotopic (exact) mass is 394 g/mol. The van der Waals surface area contributed by atoms with Gasteiger partial charge in [-0.05, 0) is 42.7 Å². The normalized spacial score (nSPS) is 11.4. The van der Waals surface area contributed by atoms with E-state index in [2.05, 4.69) is 19.2 Å². The second-order valence-electron chi connectivity index (χ2n) is 6.34. The van der Waals surface area contributed by atoms with Gasteiger partial charge in [0, 0.05) is 11.6 Å². The summed E-state index contributed by atoms with van der Waals surface area (Å²) >= 11 is 6.02. The first-order valence-electron chi connectivity index (χ1n) is 8.41. The molecule has 7 heteroatoms. The van der Waals surface area contributed by atoms with Crippen LogP contribution in [0.1, 0.15) is 20.3 Å². The number of carbonyl (C=O) groups is 1. The number of nitrogens with zero attached hydrogens (tertiary/aromatic N) is 1. The van der Waals surface area contributed by atoms with Gasteiger partial charge in [0.15, 0.2) is 0 Å². The molecule has 140 valence electrons. The topological polar surface area (TPSA) is 66.5 Å². The van der Waals surface area contributed by atoms with E-state index in [9.17, 15) is 13.2 Å². The molecule has 0 saturated heterocycles. The number of amides is 1. The maximum atomic E-state index is 13.1. The van der Waals surface area contributed by atoms with E-state index in [4.69, 9.17) is 11.6 Å². The Bertz CT molecular complexity index is 839. The summed E-state index contributed by atoms with van der Waals surface area (Å²) in [7, 11) is -3.89. The van der Waals surface area contributed by atoms with Gasteiger partial charge in [0.05, 0.1) is 10.6 Å². The molecule has 0 spiro atoms. The van der Waals surface area contributed by atoms with Crippen LogP contribution in [0, 0.1) is 5.92 Å². The number of benzene rings is 2. The van der Waals surface area contributed by atoms with Crippen LogP contribution in [0.3, 0.4) is 0 Å². The van der Waals surface area contributed by atoms with Crippen LogP contribution in [0.2, 0.25) is 5.02 Å². The molecule has 1 amide bonds. The van der Waals surface area contributed by atoms with E-state index in [0.717, 1.165) is 10.7 Å². The maximum Gasteiger partial charge on any atom is 0.264 e. The summed E-state index contributed by atoms with van der Waals surface area (Å²) in [6.45, 7) is 4.31. The minimum Gasteiger partial charge on any atom is -0.355 e. The predicted molar refractivity (Wildman–Crippen MR) is 105 cm³/mol. The first-order chi connectivity index (χ1) is 12.3. The summed E-state index contributed by atoms with van der Waals surface area (Å²) in [6, 6.07) is 14.5. The van der Waals surface area contributed by atoms with Gasteiger partial charge in [0.1, 0.15) is 6.54 Å². The van der Waals surface area contributed by atoms with Crippen LogP contribution in [0.15, 0.2) is 59.5 Å². The molecule has 0 aromatic heterocycles. The summed E-state index contributed by atoms with van der Waals surface area (Å²) in [4.78, 5) is 12.4. The number of sulfonamides is 1. The second-order valence-corrected chi connectivity index (χ2v) is 8.64. The molecule has 2 rings (SSSR count). The maximum absolute atomic E-state index is 13.1. The Balaban J connectivity index is 2.30. The highest BCUT2D eigenvalue weighted by molar-refractivity contribution is 7.92. The number of carbonyl (C=O) groups excluding carboxylic acids is 1. The number of nitrogens with one attached hydrogen (secondary N) is 1. The van der Waals surface area contributed by atoms with Crippen LogP contribution >= 0.6 is 11.6 Å². The van der Waals surface area contributed by atoms with Crippen LogP contribution < -0.4 is 9.62 Å². The van der Waals surface area contributed by atoms with Crippen molar-refractivity contribution in [3.63, 3.8) is 0 Å². The summed E-state index contributed by atoms with van der Waals surface area (Å²) in [5.74, 6) is 0.0949.